The molecule has 5 nitrogen and oxygen atoms in total. The summed E-state index contributed by atoms with van der Waals surface area (Å²) in [5.74, 6) is 0.869. The number of carbonyl (C=O) groups excluding carboxylic acids is 2. The number of methoxy groups -OCH3 is 1. The SMILES string of the molecule is COc1ccc(C(=O)N[C@H](CC(C)C)C(=O)N2CCCCC2)cc1. The Balaban J connectivity index is 2.06. The minimum atomic E-state index is -0.460. The third-order valence-corrected chi connectivity index (χ3v) is 4.33. The van der Waals surface area contributed by atoms with Gasteiger partial charge < -0.3 is 15.0 Å². The number of rotatable bonds is 6. The molecule has 0 bridgehead atoms. The zero-order valence-electron chi connectivity index (χ0n) is 14.9. The second-order valence-electron chi connectivity index (χ2n) is 6.77. The minimum absolute atomic E-state index is 0.0465. The molecular formula is C19H28N2O3. The molecule has 0 aromatic heterocycles. The van der Waals surface area contributed by atoms with E-state index in [1.165, 1.54) is 6.42 Å². The molecule has 0 aliphatic carbocycles. The molecule has 0 radical (unpaired) electrons. The maximum atomic E-state index is 12.8. The first-order chi connectivity index (χ1) is 11.5. The number of ether oxygens (including phenoxy) is 1. The molecule has 5 heteroatoms. The van der Waals surface area contributed by atoms with Gasteiger partial charge in [-0.15, -0.1) is 0 Å². The van der Waals surface area contributed by atoms with E-state index in [9.17, 15) is 9.59 Å². The maximum absolute atomic E-state index is 12.8. The fourth-order valence-electron chi connectivity index (χ4n) is 3.01. The number of nitrogens with zero attached hydrogens (tertiary/aromatic N) is 1. The molecule has 24 heavy (non-hydrogen) atoms. The quantitative estimate of drug-likeness (QED) is 0.871. The Morgan fingerprint density at radius 3 is 2.29 bits per heavy atom. The summed E-state index contributed by atoms with van der Waals surface area (Å²) in [4.78, 5) is 27.2. The lowest BCUT2D eigenvalue weighted by molar-refractivity contribution is -0.134. The van der Waals surface area contributed by atoms with Crippen LogP contribution < -0.4 is 10.1 Å². The summed E-state index contributed by atoms with van der Waals surface area (Å²) in [6.07, 6.45) is 3.92. The van der Waals surface area contributed by atoms with Crippen molar-refractivity contribution in [1.29, 1.82) is 0 Å². The highest BCUT2D eigenvalue weighted by atomic mass is 16.5. The number of likely N-dealkylation sites (tertiary alicyclic amines) is 1. The van der Waals surface area contributed by atoms with Crippen molar-refractivity contribution in [2.24, 2.45) is 5.92 Å². The highest BCUT2D eigenvalue weighted by Gasteiger charge is 2.27. The number of hydrogen-bond donors (Lipinski definition) is 1. The predicted octanol–water partition coefficient (Wildman–Crippen LogP) is 2.85. The Bertz CT molecular complexity index is 548. The molecule has 1 aromatic rings. The molecule has 1 aliphatic rings. The Morgan fingerprint density at radius 1 is 1.12 bits per heavy atom. The van der Waals surface area contributed by atoms with Crippen LogP contribution in [0.4, 0.5) is 0 Å². The van der Waals surface area contributed by atoms with Crippen LogP contribution in [0.2, 0.25) is 0 Å². The number of piperidine rings is 1. The summed E-state index contributed by atoms with van der Waals surface area (Å²) in [6.45, 7) is 5.73. The average molecular weight is 332 g/mol. The Morgan fingerprint density at radius 2 is 1.75 bits per heavy atom. The zero-order chi connectivity index (χ0) is 17.5. The van der Waals surface area contributed by atoms with Crippen LogP contribution in [0.25, 0.3) is 0 Å². The fraction of sp³-hybridized carbons (Fsp3) is 0.579. The lowest BCUT2D eigenvalue weighted by Crippen LogP contribution is -2.50. The highest BCUT2D eigenvalue weighted by Crippen LogP contribution is 2.15. The van der Waals surface area contributed by atoms with Gasteiger partial charge in [0.15, 0.2) is 0 Å². The van der Waals surface area contributed by atoms with Gasteiger partial charge in [-0.05, 0) is 55.9 Å². The van der Waals surface area contributed by atoms with E-state index in [-0.39, 0.29) is 11.8 Å². The largest absolute Gasteiger partial charge is 0.497 e. The molecule has 0 saturated carbocycles. The van der Waals surface area contributed by atoms with E-state index in [2.05, 4.69) is 19.2 Å². The van der Waals surface area contributed by atoms with E-state index in [0.717, 1.165) is 25.9 Å². The maximum Gasteiger partial charge on any atom is 0.251 e. The van der Waals surface area contributed by atoms with Gasteiger partial charge in [-0.2, -0.15) is 0 Å². The summed E-state index contributed by atoms with van der Waals surface area (Å²) in [6, 6.07) is 6.47. The number of benzene rings is 1. The number of nitrogens with one attached hydrogen (secondary N) is 1. The van der Waals surface area contributed by atoms with Gasteiger partial charge in [0.1, 0.15) is 11.8 Å². The Labute approximate surface area is 144 Å². The van der Waals surface area contributed by atoms with Crippen LogP contribution in [0.3, 0.4) is 0 Å². The molecule has 0 unspecified atom stereocenters. The van der Waals surface area contributed by atoms with E-state index >= 15 is 0 Å². The van der Waals surface area contributed by atoms with Crippen LogP contribution in [0.5, 0.6) is 5.75 Å². The fourth-order valence-corrected chi connectivity index (χ4v) is 3.01. The molecule has 1 atom stereocenters. The van der Waals surface area contributed by atoms with E-state index in [4.69, 9.17) is 4.74 Å². The predicted molar refractivity (Wildman–Crippen MR) is 94.1 cm³/mol. The molecule has 2 rings (SSSR count). The summed E-state index contributed by atoms with van der Waals surface area (Å²) in [7, 11) is 1.59. The molecule has 1 N–H and O–H groups in total. The summed E-state index contributed by atoms with van der Waals surface area (Å²) in [5.41, 5.74) is 0.538. The minimum Gasteiger partial charge on any atom is -0.497 e. The molecule has 2 amide bonds. The van der Waals surface area contributed by atoms with Crippen molar-refractivity contribution in [3.63, 3.8) is 0 Å². The lowest BCUT2D eigenvalue weighted by atomic mass is 10.0. The first kappa shape index (κ1) is 18.3. The van der Waals surface area contributed by atoms with Gasteiger partial charge >= 0.3 is 0 Å². The van der Waals surface area contributed by atoms with Gasteiger partial charge in [-0.25, -0.2) is 0 Å². The van der Waals surface area contributed by atoms with Gasteiger partial charge in [0, 0.05) is 18.7 Å². The van der Waals surface area contributed by atoms with Crippen molar-refractivity contribution in [3.8, 4) is 5.75 Å². The Hall–Kier alpha value is -2.04. The van der Waals surface area contributed by atoms with Crippen LogP contribution in [-0.4, -0.2) is 43.0 Å². The second kappa shape index (κ2) is 8.71. The van der Waals surface area contributed by atoms with Crippen LogP contribution >= 0.6 is 0 Å². The molecular weight excluding hydrogens is 304 g/mol. The molecule has 132 valence electrons. The van der Waals surface area contributed by atoms with E-state index in [0.29, 0.717) is 23.7 Å². The van der Waals surface area contributed by atoms with Gasteiger partial charge in [-0.1, -0.05) is 13.8 Å². The first-order valence-corrected chi connectivity index (χ1v) is 8.75. The summed E-state index contributed by atoms with van der Waals surface area (Å²) in [5, 5.41) is 2.93. The summed E-state index contributed by atoms with van der Waals surface area (Å²) >= 11 is 0. The monoisotopic (exact) mass is 332 g/mol. The van der Waals surface area contributed by atoms with Crippen molar-refractivity contribution in [3.05, 3.63) is 29.8 Å². The van der Waals surface area contributed by atoms with Crippen LogP contribution in [0.1, 0.15) is 49.9 Å². The molecule has 0 spiro atoms. The topological polar surface area (TPSA) is 58.6 Å². The van der Waals surface area contributed by atoms with Crippen LogP contribution in [-0.2, 0) is 4.79 Å². The first-order valence-electron chi connectivity index (χ1n) is 8.75. The second-order valence-corrected chi connectivity index (χ2v) is 6.77. The molecule has 1 aromatic carbocycles. The third-order valence-electron chi connectivity index (χ3n) is 4.33. The van der Waals surface area contributed by atoms with Gasteiger partial charge in [0.05, 0.1) is 7.11 Å². The molecule has 1 aliphatic heterocycles. The van der Waals surface area contributed by atoms with Gasteiger partial charge in [-0.3, -0.25) is 9.59 Å². The van der Waals surface area contributed by atoms with Crippen molar-refractivity contribution >= 4 is 11.8 Å². The van der Waals surface area contributed by atoms with E-state index in [1.54, 1.807) is 31.4 Å². The van der Waals surface area contributed by atoms with E-state index < -0.39 is 6.04 Å². The van der Waals surface area contributed by atoms with Gasteiger partial charge in [0.25, 0.3) is 5.91 Å². The van der Waals surface area contributed by atoms with Crippen molar-refractivity contribution in [2.75, 3.05) is 20.2 Å². The smallest absolute Gasteiger partial charge is 0.251 e. The highest BCUT2D eigenvalue weighted by molar-refractivity contribution is 5.97. The molecule has 1 saturated heterocycles. The van der Waals surface area contributed by atoms with Crippen molar-refractivity contribution in [1.82, 2.24) is 10.2 Å². The lowest BCUT2D eigenvalue weighted by Gasteiger charge is -2.31. The van der Waals surface area contributed by atoms with Crippen molar-refractivity contribution < 1.29 is 14.3 Å². The third kappa shape index (κ3) is 4.98. The summed E-state index contributed by atoms with van der Waals surface area (Å²) < 4.78 is 5.11. The number of carbonyl (C=O) groups is 2. The zero-order valence-corrected chi connectivity index (χ0v) is 14.9. The molecule has 1 heterocycles. The van der Waals surface area contributed by atoms with Crippen LogP contribution in [0, 0.1) is 5.92 Å². The van der Waals surface area contributed by atoms with Crippen LogP contribution in [0.15, 0.2) is 24.3 Å². The Kier molecular flexibility index (Phi) is 6.64. The normalized spacial score (nSPS) is 15.9. The average Bonchev–Trinajstić information content (AvgIpc) is 2.61. The van der Waals surface area contributed by atoms with Crippen molar-refractivity contribution in [2.45, 2.75) is 45.6 Å². The van der Waals surface area contributed by atoms with E-state index in [1.807, 2.05) is 4.90 Å². The standard InChI is InChI=1S/C19H28N2O3/c1-14(2)13-17(19(23)21-11-5-4-6-12-21)20-18(22)15-7-9-16(24-3)10-8-15/h7-10,14,17H,4-6,11-13H2,1-3H3,(H,20,22)/t17-/m1/s1. The van der Waals surface area contributed by atoms with Gasteiger partial charge in [0.2, 0.25) is 5.91 Å². The molecule has 1 fully saturated rings. The number of amides is 2. The number of hydrogen-bond acceptors (Lipinski definition) is 3.